The second-order valence-electron chi connectivity index (χ2n) is 9.19. The molecule has 0 aromatic heterocycles. The molecular weight excluding hydrogens is 358 g/mol. The van der Waals surface area contributed by atoms with Crippen molar-refractivity contribution in [1.82, 2.24) is 5.32 Å². The number of amides is 1. The Kier molecular flexibility index (Phi) is 5.08. The van der Waals surface area contributed by atoms with Crippen LogP contribution in [-0.2, 0) is 14.6 Å². The van der Waals surface area contributed by atoms with Gasteiger partial charge in [0.15, 0.2) is 9.84 Å². The first-order valence-corrected chi connectivity index (χ1v) is 12.1. The third-order valence-corrected chi connectivity index (χ3v) is 9.00. The lowest BCUT2D eigenvalue weighted by Gasteiger charge is -2.59. The number of benzene rings is 1. The minimum Gasteiger partial charge on any atom is -0.353 e. The second-order valence-corrected chi connectivity index (χ2v) is 11.3. The predicted octanol–water partition coefficient (Wildman–Crippen LogP) is 3.96. The van der Waals surface area contributed by atoms with Crippen LogP contribution in [0.2, 0.25) is 0 Å². The van der Waals surface area contributed by atoms with Crippen molar-refractivity contribution in [2.45, 2.75) is 69.2 Å². The van der Waals surface area contributed by atoms with Gasteiger partial charge in [-0.2, -0.15) is 0 Å². The van der Waals surface area contributed by atoms with E-state index in [0.29, 0.717) is 4.90 Å². The molecule has 1 atom stereocenters. The van der Waals surface area contributed by atoms with Crippen LogP contribution in [0.5, 0.6) is 0 Å². The van der Waals surface area contributed by atoms with Gasteiger partial charge in [-0.05, 0) is 80.2 Å². The molecule has 0 saturated heterocycles. The Hall–Kier alpha value is -1.36. The Morgan fingerprint density at radius 3 is 2.15 bits per heavy atom. The SMILES string of the molecule is CCC(NC(=O)CCS(=O)(=O)c1ccccc1)C12CC3CC(CC(C3)C1)C2. The van der Waals surface area contributed by atoms with Crippen molar-refractivity contribution < 1.29 is 13.2 Å². The predicted molar refractivity (Wildman–Crippen MR) is 106 cm³/mol. The van der Waals surface area contributed by atoms with Crippen molar-refractivity contribution in [2.24, 2.45) is 23.2 Å². The third kappa shape index (κ3) is 3.80. The zero-order chi connectivity index (χ0) is 19.1. The van der Waals surface area contributed by atoms with Crippen molar-refractivity contribution in [3.63, 3.8) is 0 Å². The van der Waals surface area contributed by atoms with Crippen molar-refractivity contribution in [3.8, 4) is 0 Å². The average molecular weight is 390 g/mol. The zero-order valence-corrected chi connectivity index (χ0v) is 17.0. The van der Waals surface area contributed by atoms with Crippen LogP contribution in [0.25, 0.3) is 0 Å². The lowest BCUT2D eigenvalue weighted by Crippen LogP contribution is -2.56. The van der Waals surface area contributed by atoms with Gasteiger partial charge in [0.2, 0.25) is 5.91 Å². The minimum absolute atomic E-state index is 0.0418. The highest BCUT2D eigenvalue weighted by molar-refractivity contribution is 7.91. The molecule has 27 heavy (non-hydrogen) atoms. The fraction of sp³-hybridized carbons (Fsp3) is 0.682. The summed E-state index contributed by atoms with van der Waals surface area (Å²) in [6.45, 7) is 2.16. The molecule has 1 amide bonds. The van der Waals surface area contributed by atoms with E-state index in [1.807, 2.05) is 0 Å². The van der Waals surface area contributed by atoms with E-state index in [-0.39, 0.29) is 29.5 Å². The highest BCUT2D eigenvalue weighted by Crippen LogP contribution is 2.61. The molecule has 148 valence electrons. The number of rotatable bonds is 7. The molecule has 0 spiro atoms. The summed E-state index contributed by atoms with van der Waals surface area (Å²) in [4.78, 5) is 12.9. The molecule has 4 aliphatic carbocycles. The largest absolute Gasteiger partial charge is 0.353 e. The number of hydrogen-bond acceptors (Lipinski definition) is 3. The Morgan fingerprint density at radius 1 is 1.07 bits per heavy atom. The lowest BCUT2D eigenvalue weighted by molar-refractivity contribution is -0.126. The highest BCUT2D eigenvalue weighted by atomic mass is 32.2. The van der Waals surface area contributed by atoms with Crippen LogP contribution in [0.1, 0.15) is 58.3 Å². The minimum atomic E-state index is -3.40. The maximum absolute atomic E-state index is 12.6. The molecule has 5 rings (SSSR count). The van der Waals surface area contributed by atoms with E-state index >= 15 is 0 Å². The molecule has 4 aliphatic rings. The van der Waals surface area contributed by atoms with Crippen molar-refractivity contribution in [2.75, 3.05) is 5.75 Å². The van der Waals surface area contributed by atoms with Gasteiger partial charge in [-0.1, -0.05) is 25.1 Å². The fourth-order valence-electron chi connectivity index (χ4n) is 6.53. The molecule has 4 bridgehead atoms. The van der Waals surface area contributed by atoms with Gasteiger partial charge >= 0.3 is 0 Å². The molecule has 1 unspecified atom stereocenters. The monoisotopic (exact) mass is 389 g/mol. The molecule has 0 heterocycles. The molecular formula is C22H31NO3S. The molecule has 1 N–H and O–H groups in total. The maximum Gasteiger partial charge on any atom is 0.221 e. The van der Waals surface area contributed by atoms with Gasteiger partial charge in [-0.25, -0.2) is 8.42 Å². The van der Waals surface area contributed by atoms with E-state index in [0.717, 1.165) is 24.2 Å². The molecule has 1 aromatic carbocycles. The van der Waals surface area contributed by atoms with Gasteiger partial charge in [-0.3, -0.25) is 4.79 Å². The van der Waals surface area contributed by atoms with Gasteiger partial charge < -0.3 is 5.32 Å². The standard InChI is InChI=1S/C22H31NO3S/c1-2-20(22-13-16-10-17(14-22)12-18(11-16)15-22)23-21(24)8-9-27(25,26)19-6-4-3-5-7-19/h3-7,16-18,20H,2,8-15H2,1H3,(H,23,24). The smallest absolute Gasteiger partial charge is 0.221 e. The van der Waals surface area contributed by atoms with E-state index in [1.165, 1.54) is 38.5 Å². The Bertz CT molecular complexity index is 752. The summed E-state index contributed by atoms with van der Waals surface area (Å²) in [5.74, 6) is 2.30. The number of carbonyl (C=O) groups excluding carboxylic acids is 1. The molecule has 4 saturated carbocycles. The Labute approximate surface area is 163 Å². The summed E-state index contributed by atoms with van der Waals surface area (Å²) in [6, 6.07) is 8.61. The summed E-state index contributed by atoms with van der Waals surface area (Å²) in [7, 11) is -3.40. The normalized spacial score (nSPS) is 33.0. The summed E-state index contributed by atoms with van der Waals surface area (Å²) >= 11 is 0. The summed E-state index contributed by atoms with van der Waals surface area (Å²) in [5, 5.41) is 3.24. The van der Waals surface area contributed by atoms with Gasteiger partial charge in [0.05, 0.1) is 10.6 Å². The van der Waals surface area contributed by atoms with Crippen molar-refractivity contribution in [1.29, 1.82) is 0 Å². The van der Waals surface area contributed by atoms with Gasteiger partial charge in [-0.15, -0.1) is 0 Å². The average Bonchev–Trinajstić information content (AvgIpc) is 2.64. The summed E-state index contributed by atoms with van der Waals surface area (Å²) in [6.07, 6.45) is 8.89. The molecule has 5 heteroatoms. The second kappa shape index (κ2) is 7.23. The van der Waals surface area contributed by atoms with E-state index in [1.54, 1.807) is 30.3 Å². The molecule has 0 aliphatic heterocycles. The van der Waals surface area contributed by atoms with Crippen LogP contribution in [0.4, 0.5) is 0 Å². The topological polar surface area (TPSA) is 63.2 Å². The van der Waals surface area contributed by atoms with Crippen LogP contribution in [0.3, 0.4) is 0 Å². The first kappa shape index (κ1) is 19.0. The Balaban J connectivity index is 1.38. The van der Waals surface area contributed by atoms with Gasteiger partial charge in [0.1, 0.15) is 0 Å². The number of hydrogen-bond donors (Lipinski definition) is 1. The number of sulfone groups is 1. The van der Waals surface area contributed by atoms with Gasteiger partial charge in [0, 0.05) is 12.5 Å². The van der Waals surface area contributed by atoms with Crippen LogP contribution in [0.15, 0.2) is 35.2 Å². The molecule has 4 nitrogen and oxygen atoms in total. The van der Waals surface area contributed by atoms with Crippen LogP contribution in [-0.4, -0.2) is 26.1 Å². The van der Waals surface area contributed by atoms with Crippen LogP contribution >= 0.6 is 0 Å². The van der Waals surface area contributed by atoms with Gasteiger partial charge in [0.25, 0.3) is 0 Å². The summed E-state index contributed by atoms with van der Waals surface area (Å²) < 4.78 is 24.9. The highest BCUT2D eigenvalue weighted by Gasteiger charge is 2.53. The van der Waals surface area contributed by atoms with E-state index in [4.69, 9.17) is 0 Å². The van der Waals surface area contributed by atoms with E-state index in [9.17, 15) is 13.2 Å². The fourth-order valence-corrected chi connectivity index (χ4v) is 7.79. The third-order valence-electron chi connectivity index (χ3n) is 7.27. The molecule has 4 fully saturated rings. The lowest BCUT2D eigenvalue weighted by atomic mass is 9.47. The van der Waals surface area contributed by atoms with Crippen LogP contribution in [0, 0.1) is 23.2 Å². The first-order chi connectivity index (χ1) is 12.9. The zero-order valence-electron chi connectivity index (χ0n) is 16.2. The molecule has 1 aromatic rings. The van der Waals surface area contributed by atoms with Crippen molar-refractivity contribution >= 4 is 15.7 Å². The first-order valence-electron chi connectivity index (χ1n) is 10.5. The Morgan fingerprint density at radius 2 is 1.63 bits per heavy atom. The van der Waals surface area contributed by atoms with Crippen molar-refractivity contribution in [3.05, 3.63) is 30.3 Å². The molecule has 0 radical (unpaired) electrons. The van der Waals surface area contributed by atoms with E-state index in [2.05, 4.69) is 12.2 Å². The number of carbonyl (C=O) groups is 1. The maximum atomic E-state index is 12.6. The van der Waals surface area contributed by atoms with Crippen LogP contribution < -0.4 is 5.32 Å². The summed E-state index contributed by atoms with van der Waals surface area (Å²) in [5.41, 5.74) is 0.261. The number of nitrogens with one attached hydrogen (secondary N) is 1. The quantitative estimate of drug-likeness (QED) is 0.768. The van der Waals surface area contributed by atoms with E-state index < -0.39 is 9.84 Å².